The lowest BCUT2D eigenvalue weighted by Crippen LogP contribution is -2.39. The van der Waals surface area contributed by atoms with Gasteiger partial charge in [-0.15, -0.1) is 0 Å². The van der Waals surface area contributed by atoms with Crippen molar-refractivity contribution >= 4 is 11.4 Å². The number of nitrogens with zero attached hydrogens (tertiary/aromatic N) is 3. The summed E-state index contributed by atoms with van der Waals surface area (Å²) in [6.07, 6.45) is 1.04. The zero-order valence-corrected chi connectivity index (χ0v) is 19.2. The molecule has 0 radical (unpaired) electrons. The van der Waals surface area contributed by atoms with Crippen LogP contribution in [-0.4, -0.2) is 33.2 Å². The lowest BCUT2D eigenvalue weighted by Gasteiger charge is -2.37. The van der Waals surface area contributed by atoms with Crippen LogP contribution in [0.4, 0.5) is 11.4 Å². The molecule has 1 unspecified atom stereocenters. The number of hydrogen-bond donors (Lipinski definition) is 0. The van der Waals surface area contributed by atoms with Gasteiger partial charge in [0.2, 0.25) is 0 Å². The van der Waals surface area contributed by atoms with Gasteiger partial charge in [-0.3, -0.25) is 0 Å². The molecule has 3 nitrogen and oxygen atoms in total. The van der Waals surface area contributed by atoms with Crippen molar-refractivity contribution in [2.45, 2.75) is 54.0 Å². The van der Waals surface area contributed by atoms with Crippen molar-refractivity contribution in [2.24, 2.45) is 0 Å². The third-order valence-corrected chi connectivity index (χ3v) is 4.62. The number of hydrazine groups is 1. The molecule has 2 aromatic rings. The fourth-order valence-corrected chi connectivity index (χ4v) is 3.00. The summed E-state index contributed by atoms with van der Waals surface area (Å²) < 4.78 is 0. The van der Waals surface area contributed by atoms with Gasteiger partial charge in [0, 0.05) is 33.9 Å². The van der Waals surface area contributed by atoms with Crippen LogP contribution in [0.1, 0.15) is 58.7 Å². The topological polar surface area (TPSA) is 9.72 Å². The van der Waals surface area contributed by atoms with Gasteiger partial charge in [0.05, 0.1) is 11.7 Å². The van der Waals surface area contributed by atoms with Crippen molar-refractivity contribution in [1.82, 2.24) is 5.01 Å². The van der Waals surface area contributed by atoms with Gasteiger partial charge in [0.1, 0.15) is 0 Å². The second-order valence-corrected chi connectivity index (χ2v) is 6.21. The van der Waals surface area contributed by atoms with Crippen LogP contribution in [0, 0.1) is 0 Å². The predicted octanol–water partition coefficient (Wildman–Crippen LogP) is 6.41. The Morgan fingerprint density at radius 3 is 1.74 bits per heavy atom. The monoisotopic (exact) mass is 371 g/mol. The summed E-state index contributed by atoms with van der Waals surface area (Å²) in [4.78, 5) is 2.18. The van der Waals surface area contributed by atoms with E-state index in [1.165, 1.54) is 22.5 Å². The number of benzene rings is 2. The molecule has 0 aliphatic rings. The Bertz CT molecular complexity index is 637. The second kappa shape index (κ2) is 13.2. The number of aryl methyl sites for hydroxylation is 1. The molecule has 0 fully saturated rings. The molecule has 3 heteroatoms. The van der Waals surface area contributed by atoms with Crippen molar-refractivity contribution in [2.75, 3.05) is 38.1 Å². The van der Waals surface area contributed by atoms with Crippen molar-refractivity contribution in [1.29, 1.82) is 0 Å². The number of anilines is 2. The third-order valence-electron chi connectivity index (χ3n) is 4.62. The quantitative estimate of drug-likeness (QED) is 0.543. The molecule has 0 aliphatic heterocycles. The molecule has 27 heavy (non-hydrogen) atoms. The Labute approximate surface area is 168 Å². The number of para-hydroxylation sites is 2. The van der Waals surface area contributed by atoms with E-state index in [2.05, 4.69) is 105 Å². The molecule has 0 saturated heterocycles. The first-order valence-corrected chi connectivity index (χ1v) is 10.3. The van der Waals surface area contributed by atoms with Crippen molar-refractivity contribution in [3.8, 4) is 0 Å². The zero-order valence-electron chi connectivity index (χ0n) is 19.2. The van der Waals surface area contributed by atoms with Crippen LogP contribution >= 0.6 is 0 Å². The SMILES string of the molecule is CC.CC.CCc1ccccc1N(C)N(C)C(C)c1ccccc1N(C)C. The Morgan fingerprint density at radius 2 is 1.22 bits per heavy atom. The average molecular weight is 372 g/mol. The maximum absolute atomic E-state index is 2.30. The molecule has 0 aromatic heterocycles. The Balaban J connectivity index is 0.00000158. The van der Waals surface area contributed by atoms with Gasteiger partial charge in [-0.2, -0.15) is 0 Å². The molecule has 1 atom stereocenters. The highest BCUT2D eigenvalue weighted by Crippen LogP contribution is 2.31. The third kappa shape index (κ3) is 6.59. The van der Waals surface area contributed by atoms with Crippen LogP contribution in [0.25, 0.3) is 0 Å². The Kier molecular flexibility index (Phi) is 12.2. The molecule has 2 rings (SSSR count). The minimum absolute atomic E-state index is 0.281. The van der Waals surface area contributed by atoms with Crippen molar-refractivity contribution < 1.29 is 0 Å². The summed E-state index contributed by atoms with van der Waals surface area (Å²) >= 11 is 0. The molecule has 0 heterocycles. The molecule has 0 bridgehead atoms. The maximum atomic E-state index is 2.30. The highest BCUT2D eigenvalue weighted by molar-refractivity contribution is 5.55. The van der Waals surface area contributed by atoms with E-state index in [1.54, 1.807) is 0 Å². The van der Waals surface area contributed by atoms with Crippen LogP contribution in [0.2, 0.25) is 0 Å². The van der Waals surface area contributed by atoms with E-state index in [4.69, 9.17) is 0 Å². The number of hydrogen-bond acceptors (Lipinski definition) is 3. The van der Waals surface area contributed by atoms with E-state index in [0.29, 0.717) is 0 Å². The van der Waals surface area contributed by atoms with Crippen LogP contribution in [0.15, 0.2) is 48.5 Å². The molecule has 0 N–H and O–H groups in total. The molecule has 152 valence electrons. The van der Waals surface area contributed by atoms with Gasteiger partial charge in [-0.05, 0) is 36.6 Å². The molecule has 0 saturated carbocycles. The van der Waals surface area contributed by atoms with Crippen LogP contribution in [0.5, 0.6) is 0 Å². The normalized spacial score (nSPS) is 10.9. The van der Waals surface area contributed by atoms with Gasteiger partial charge in [-0.1, -0.05) is 71.0 Å². The maximum Gasteiger partial charge on any atom is 0.0550 e. The summed E-state index contributed by atoms with van der Waals surface area (Å²) in [6, 6.07) is 17.5. The standard InChI is InChI=1S/C20H29N3.2C2H6/c1-7-17-12-8-10-14-19(17)23(6)22(5)16(2)18-13-9-11-15-20(18)21(3)4;2*1-2/h8-16H,7H2,1-6H3;2*1-2H3. The highest BCUT2D eigenvalue weighted by Gasteiger charge is 2.20. The van der Waals surface area contributed by atoms with E-state index >= 15 is 0 Å². The lowest BCUT2D eigenvalue weighted by molar-refractivity contribution is 0.252. The van der Waals surface area contributed by atoms with Gasteiger partial charge in [0.25, 0.3) is 0 Å². The molecule has 2 aromatic carbocycles. The van der Waals surface area contributed by atoms with Crippen LogP contribution in [0.3, 0.4) is 0 Å². The average Bonchev–Trinajstić information content (AvgIpc) is 2.74. The van der Waals surface area contributed by atoms with E-state index in [0.717, 1.165) is 6.42 Å². The molecular formula is C24H41N3. The van der Waals surface area contributed by atoms with E-state index in [9.17, 15) is 0 Å². The molecule has 0 aliphatic carbocycles. The highest BCUT2D eigenvalue weighted by atomic mass is 15.6. The first-order valence-electron chi connectivity index (χ1n) is 10.3. The minimum atomic E-state index is 0.281. The summed E-state index contributed by atoms with van der Waals surface area (Å²) in [5.41, 5.74) is 5.24. The second-order valence-electron chi connectivity index (χ2n) is 6.21. The fourth-order valence-electron chi connectivity index (χ4n) is 3.00. The zero-order chi connectivity index (χ0) is 21.0. The first kappa shape index (κ1) is 25.0. The lowest BCUT2D eigenvalue weighted by atomic mass is 10.0. The molecule has 0 amide bonds. The van der Waals surface area contributed by atoms with Gasteiger partial charge >= 0.3 is 0 Å². The molecule has 0 spiro atoms. The van der Waals surface area contributed by atoms with Gasteiger partial charge in [0.15, 0.2) is 0 Å². The minimum Gasteiger partial charge on any atom is -0.377 e. The Hall–Kier alpha value is -2.00. The van der Waals surface area contributed by atoms with Crippen LogP contribution < -0.4 is 9.91 Å². The number of rotatable bonds is 6. The first-order chi connectivity index (χ1) is 13.0. The summed E-state index contributed by atoms with van der Waals surface area (Å²) in [5, 5.41) is 4.56. The summed E-state index contributed by atoms with van der Waals surface area (Å²) in [7, 11) is 8.50. The molecular weight excluding hydrogens is 330 g/mol. The van der Waals surface area contributed by atoms with E-state index in [-0.39, 0.29) is 6.04 Å². The van der Waals surface area contributed by atoms with Crippen molar-refractivity contribution in [3.05, 3.63) is 59.7 Å². The van der Waals surface area contributed by atoms with Crippen molar-refractivity contribution in [3.63, 3.8) is 0 Å². The summed E-state index contributed by atoms with van der Waals surface area (Å²) in [6.45, 7) is 12.5. The largest absolute Gasteiger partial charge is 0.377 e. The van der Waals surface area contributed by atoms with Gasteiger partial charge < -0.3 is 9.91 Å². The smallest absolute Gasteiger partial charge is 0.0550 e. The fraction of sp³-hybridized carbons (Fsp3) is 0.500. The Morgan fingerprint density at radius 1 is 0.741 bits per heavy atom. The van der Waals surface area contributed by atoms with Gasteiger partial charge in [-0.25, -0.2) is 5.01 Å². The predicted molar refractivity (Wildman–Crippen MR) is 124 cm³/mol. The van der Waals surface area contributed by atoms with E-state index in [1.807, 2.05) is 27.7 Å². The summed E-state index contributed by atoms with van der Waals surface area (Å²) in [5.74, 6) is 0. The van der Waals surface area contributed by atoms with Crippen LogP contribution in [-0.2, 0) is 6.42 Å². The van der Waals surface area contributed by atoms with E-state index < -0.39 is 0 Å².